The van der Waals surface area contributed by atoms with Crippen molar-refractivity contribution < 1.29 is 18.7 Å². The quantitative estimate of drug-likeness (QED) is 0.590. The zero-order valence-electron chi connectivity index (χ0n) is 18.3. The summed E-state index contributed by atoms with van der Waals surface area (Å²) in [5, 5.41) is 3.97. The van der Waals surface area contributed by atoms with Crippen LogP contribution >= 0.6 is 12.2 Å². The number of hydrogen-bond donors (Lipinski definition) is 1. The van der Waals surface area contributed by atoms with E-state index in [1.807, 2.05) is 12.1 Å². The lowest BCUT2D eigenvalue weighted by molar-refractivity contribution is -0.116. The first kappa shape index (κ1) is 22.3. The molecular formula is C25H27FN2O3S. The molecule has 5 nitrogen and oxygen atoms in total. The minimum atomic E-state index is -0.441. The minimum absolute atomic E-state index is 0.0407. The molecule has 4 rings (SSSR count). The molecule has 0 fully saturated rings. The number of allylic oxidation sites excluding steroid dienone is 1. The van der Waals surface area contributed by atoms with Gasteiger partial charge in [-0.3, -0.25) is 4.79 Å². The van der Waals surface area contributed by atoms with Gasteiger partial charge in [0.15, 0.2) is 22.4 Å². The van der Waals surface area contributed by atoms with Crippen molar-refractivity contribution in [2.24, 2.45) is 0 Å². The number of hydrogen-bond acceptors (Lipinski definition) is 4. The van der Waals surface area contributed by atoms with Gasteiger partial charge in [-0.05, 0) is 43.6 Å². The van der Waals surface area contributed by atoms with Crippen LogP contribution < -0.4 is 14.8 Å². The topological polar surface area (TPSA) is 50.8 Å². The van der Waals surface area contributed by atoms with Gasteiger partial charge in [-0.25, -0.2) is 4.39 Å². The van der Waals surface area contributed by atoms with Crippen LogP contribution in [0.15, 0.2) is 53.7 Å². The molecule has 2 aromatic rings. The van der Waals surface area contributed by atoms with E-state index < -0.39 is 6.04 Å². The number of para-hydroxylation sites is 1. The highest BCUT2D eigenvalue weighted by Crippen LogP contribution is 2.43. The first-order valence-corrected chi connectivity index (χ1v) is 11.3. The number of carbonyl (C=O) groups is 1. The fraction of sp³-hybridized carbons (Fsp3) is 0.360. The van der Waals surface area contributed by atoms with E-state index in [1.165, 1.54) is 6.07 Å². The Morgan fingerprint density at radius 1 is 1.19 bits per heavy atom. The Balaban J connectivity index is 1.77. The first-order valence-electron chi connectivity index (χ1n) is 10.9. The highest BCUT2D eigenvalue weighted by molar-refractivity contribution is 7.80. The second-order valence-electron chi connectivity index (χ2n) is 7.93. The molecule has 1 N–H and O–H groups in total. The fourth-order valence-electron chi connectivity index (χ4n) is 4.38. The highest BCUT2D eigenvalue weighted by Gasteiger charge is 2.38. The molecule has 168 valence electrons. The number of methoxy groups -OCH3 is 1. The van der Waals surface area contributed by atoms with E-state index in [0.717, 1.165) is 42.6 Å². The molecule has 2 aromatic carbocycles. The van der Waals surface area contributed by atoms with E-state index in [2.05, 4.69) is 17.1 Å². The van der Waals surface area contributed by atoms with Crippen molar-refractivity contribution in [1.29, 1.82) is 0 Å². The van der Waals surface area contributed by atoms with E-state index in [9.17, 15) is 9.18 Å². The van der Waals surface area contributed by atoms with Crippen LogP contribution in [0.3, 0.4) is 0 Å². The average molecular weight is 455 g/mol. The third-order valence-electron chi connectivity index (χ3n) is 5.87. The van der Waals surface area contributed by atoms with Crippen LogP contribution in [0.25, 0.3) is 0 Å². The van der Waals surface area contributed by atoms with Crippen LogP contribution in [0.5, 0.6) is 11.5 Å². The largest absolute Gasteiger partial charge is 0.493 e. The van der Waals surface area contributed by atoms with E-state index >= 15 is 0 Å². The second-order valence-corrected chi connectivity index (χ2v) is 8.32. The van der Waals surface area contributed by atoms with E-state index in [4.69, 9.17) is 21.7 Å². The summed E-state index contributed by atoms with van der Waals surface area (Å²) in [7, 11) is 1.56. The molecule has 0 aromatic heterocycles. The van der Waals surface area contributed by atoms with Crippen LogP contribution in [0.4, 0.5) is 4.39 Å². The lowest BCUT2D eigenvalue weighted by Gasteiger charge is -2.41. The van der Waals surface area contributed by atoms with Gasteiger partial charge in [0.25, 0.3) is 0 Å². The molecule has 0 radical (unpaired) electrons. The van der Waals surface area contributed by atoms with Gasteiger partial charge in [0, 0.05) is 35.4 Å². The Bertz CT molecular complexity index is 1070. The maximum atomic E-state index is 14.2. The number of rotatable bonds is 7. The number of halogens is 1. The molecule has 0 bridgehead atoms. The Morgan fingerprint density at radius 2 is 2.00 bits per heavy atom. The Kier molecular flexibility index (Phi) is 6.74. The van der Waals surface area contributed by atoms with Crippen molar-refractivity contribution in [3.05, 3.63) is 70.7 Å². The van der Waals surface area contributed by atoms with Gasteiger partial charge in [0.2, 0.25) is 0 Å². The molecule has 2 aliphatic rings. The van der Waals surface area contributed by atoms with Crippen molar-refractivity contribution in [3.8, 4) is 11.5 Å². The van der Waals surface area contributed by atoms with Crippen LogP contribution in [-0.4, -0.2) is 29.5 Å². The summed E-state index contributed by atoms with van der Waals surface area (Å²) < 4.78 is 25.8. The van der Waals surface area contributed by atoms with Crippen molar-refractivity contribution >= 4 is 23.1 Å². The first-order chi connectivity index (χ1) is 15.5. The zero-order chi connectivity index (χ0) is 22.7. The monoisotopic (exact) mass is 454 g/mol. The third-order valence-corrected chi connectivity index (χ3v) is 6.21. The molecule has 1 aliphatic carbocycles. The van der Waals surface area contributed by atoms with Crippen LogP contribution in [0.1, 0.15) is 49.8 Å². The van der Waals surface area contributed by atoms with Gasteiger partial charge in [-0.15, -0.1) is 0 Å². The number of Topliss-reactive ketones (excluding diaryl/α,β-unsaturated/α-hetero) is 1. The van der Waals surface area contributed by atoms with Gasteiger partial charge >= 0.3 is 0 Å². The summed E-state index contributed by atoms with van der Waals surface area (Å²) in [5.74, 6) is 0.791. The number of nitrogens with zero attached hydrogens (tertiary/aromatic N) is 1. The molecule has 0 amide bonds. The average Bonchev–Trinajstić information content (AvgIpc) is 2.80. The highest BCUT2D eigenvalue weighted by atomic mass is 32.1. The molecule has 7 heteroatoms. The van der Waals surface area contributed by atoms with Gasteiger partial charge in [0.05, 0.1) is 13.2 Å². The maximum Gasteiger partial charge on any atom is 0.173 e. The number of nitrogens with one attached hydrogen (secondary N) is 1. The molecule has 1 unspecified atom stereocenters. The molecule has 1 heterocycles. The lowest BCUT2D eigenvalue weighted by Crippen LogP contribution is -2.49. The molecule has 0 saturated heterocycles. The Labute approximate surface area is 193 Å². The molecule has 1 atom stereocenters. The van der Waals surface area contributed by atoms with Crippen LogP contribution in [0.2, 0.25) is 0 Å². The molecule has 0 saturated carbocycles. The third kappa shape index (κ3) is 4.21. The van der Waals surface area contributed by atoms with Crippen molar-refractivity contribution in [2.45, 2.75) is 45.3 Å². The SMILES string of the molecule is CCCN1C(=S)NC(c2cccc(OC)c2OCc2ccccc2F)C2=C1CCCC2=O. The Morgan fingerprint density at radius 3 is 2.75 bits per heavy atom. The number of ether oxygens (including phenoxy) is 2. The predicted octanol–water partition coefficient (Wildman–Crippen LogP) is 5.06. The molecule has 0 spiro atoms. The summed E-state index contributed by atoms with van der Waals surface area (Å²) in [6, 6.07) is 11.6. The van der Waals surface area contributed by atoms with Gasteiger partial charge in [-0.2, -0.15) is 0 Å². The molecule has 32 heavy (non-hydrogen) atoms. The van der Waals surface area contributed by atoms with E-state index in [-0.39, 0.29) is 18.2 Å². The summed E-state index contributed by atoms with van der Waals surface area (Å²) in [6.45, 7) is 2.90. The number of benzene rings is 2. The molecular weight excluding hydrogens is 427 g/mol. The van der Waals surface area contributed by atoms with Crippen molar-refractivity contribution in [1.82, 2.24) is 10.2 Å². The van der Waals surface area contributed by atoms with E-state index in [0.29, 0.717) is 28.6 Å². The van der Waals surface area contributed by atoms with Gasteiger partial charge < -0.3 is 19.7 Å². The fourth-order valence-corrected chi connectivity index (χ4v) is 4.70. The summed E-state index contributed by atoms with van der Waals surface area (Å²) in [5.41, 5.74) is 2.93. The second kappa shape index (κ2) is 9.69. The maximum absolute atomic E-state index is 14.2. The normalized spacial score (nSPS) is 18.3. The lowest BCUT2D eigenvalue weighted by atomic mass is 9.84. The van der Waals surface area contributed by atoms with Gasteiger partial charge in [-0.1, -0.05) is 37.3 Å². The summed E-state index contributed by atoms with van der Waals surface area (Å²) in [6.07, 6.45) is 3.07. The van der Waals surface area contributed by atoms with Crippen LogP contribution in [-0.2, 0) is 11.4 Å². The Hall–Kier alpha value is -2.93. The standard InChI is InChI=1S/C25H27FN2O3S/c1-3-14-28-19-11-7-12-20(29)22(19)23(27-25(28)32)17-9-6-13-21(30-2)24(17)31-15-16-8-4-5-10-18(16)26/h4-6,8-10,13,23H,3,7,11-12,14-15H2,1-2H3,(H,27,32). The number of ketones is 1. The van der Waals surface area contributed by atoms with Crippen LogP contribution in [0, 0.1) is 5.82 Å². The smallest absolute Gasteiger partial charge is 0.173 e. The zero-order valence-corrected chi connectivity index (χ0v) is 19.1. The minimum Gasteiger partial charge on any atom is -0.493 e. The van der Waals surface area contributed by atoms with E-state index in [1.54, 1.807) is 31.4 Å². The number of carbonyl (C=O) groups excluding carboxylic acids is 1. The summed E-state index contributed by atoms with van der Waals surface area (Å²) >= 11 is 5.69. The number of thiocarbonyl (C=S) groups is 1. The van der Waals surface area contributed by atoms with Crippen molar-refractivity contribution in [3.63, 3.8) is 0 Å². The predicted molar refractivity (Wildman–Crippen MR) is 125 cm³/mol. The summed E-state index contributed by atoms with van der Waals surface area (Å²) in [4.78, 5) is 15.1. The van der Waals surface area contributed by atoms with Gasteiger partial charge in [0.1, 0.15) is 12.4 Å². The molecule has 1 aliphatic heterocycles. The van der Waals surface area contributed by atoms with Crippen molar-refractivity contribution in [2.75, 3.05) is 13.7 Å².